The standard InChI is InChI=1S/C42H42N8O12S2/c1-41(2)27(37(57)58)49-33(55)25(35(49)63-41)47(31(53)23(45-39(43)61)19-11-7-5-8-12-19)29(51)21-15-17-22(18-16-21)30(52)48(32(54)24(46-40(44)62)20-13-9-6-10-14-20)26-34(56)50-28(38(59)60)42(3,4)64-36(26)50/h5-18,23-28,35-36H,1-4H3,(H,57,58)(H,59,60)(H3,43,45,61)(H3,44,46,62)/t23?,24?,25-,26-,27+,28+,35-,36-/m1/s1. The third-order valence-corrected chi connectivity index (χ3v) is 14.6. The van der Waals surface area contributed by atoms with Crippen molar-refractivity contribution in [2.45, 2.75) is 84.2 Å². The number of primary amides is 2. The van der Waals surface area contributed by atoms with Crippen molar-refractivity contribution in [3.8, 4) is 0 Å². The maximum Gasteiger partial charge on any atom is 0.327 e. The summed E-state index contributed by atoms with van der Waals surface area (Å²) in [6, 6.07) is 8.82. The molecule has 7 rings (SSSR count). The molecule has 22 heteroatoms. The molecule has 4 heterocycles. The van der Waals surface area contributed by atoms with E-state index < -0.39 is 116 Å². The van der Waals surface area contributed by atoms with Gasteiger partial charge in [0.15, 0.2) is 0 Å². The van der Waals surface area contributed by atoms with Gasteiger partial charge in [-0.3, -0.25) is 38.6 Å². The number of carbonyl (C=O) groups excluding carboxylic acids is 8. The third kappa shape index (κ3) is 7.65. The van der Waals surface area contributed by atoms with E-state index in [1.54, 1.807) is 64.1 Å². The number of aliphatic carboxylic acids is 2. The number of hydrogen-bond donors (Lipinski definition) is 6. The number of urea groups is 2. The van der Waals surface area contributed by atoms with Crippen LogP contribution in [-0.2, 0) is 28.8 Å². The van der Waals surface area contributed by atoms with Crippen molar-refractivity contribution in [3.05, 3.63) is 107 Å². The second-order valence-electron chi connectivity index (χ2n) is 16.4. The molecule has 4 fully saturated rings. The number of nitrogens with two attached hydrogens (primary N) is 2. The molecule has 0 aromatic heterocycles. The molecule has 0 aliphatic carbocycles. The lowest BCUT2D eigenvalue weighted by molar-refractivity contribution is -0.166. The van der Waals surface area contributed by atoms with Crippen LogP contribution in [0.15, 0.2) is 84.9 Å². The number of fused-ring (bicyclic) bond motifs is 2. The van der Waals surface area contributed by atoms with Crippen LogP contribution < -0.4 is 22.1 Å². The molecule has 0 spiro atoms. The Labute approximate surface area is 373 Å². The third-order valence-electron chi connectivity index (χ3n) is 11.5. The first kappa shape index (κ1) is 45.1. The average Bonchev–Trinajstić information content (AvgIpc) is 3.65. The lowest BCUT2D eigenvalue weighted by Gasteiger charge is -2.48. The summed E-state index contributed by atoms with van der Waals surface area (Å²) in [6.45, 7) is 6.43. The molecule has 4 saturated heterocycles. The van der Waals surface area contributed by atoms with E-state index >= 15 is 0 Å². The summed E-state index contributed by atoms with van der Waals surface area (Å²) in [4.78, 5) is 139. The molecular weight excluding hydrogens is 873 g/mol. The number of nitrogens with one attached hydrogen (secondary N) is 2. The number of hydrogen-bond acceptors (Lipinski definition) is 12. The second kappa shape index (κ2) is 16.6. The number of carbonyl (C=O) groups is 10. The molecule has 8 N–H and O–H groups in total. The molecule has 0 saturated carbocycles. The van der Waals surface area contributed by atoms with Crippen LogP contribution in [0.2, 0.25) is 0 Å². The minimum atomic E-state index is -1.59. The Morgan fingerprint density at radius 3 is 1.17 bits per heavy atom. The Morgan fingerprint density at radius 1 is 0.578 bits per heavy atom. The van der Waals surface area contributed by atoms with E-state index in [0.29, 0.717) is 9.80 Å². The maximum absolute atomic E-state index is 14.7. The van der Waals surface area contributed by atoms with E-state index in [2.05, 4.69) is 10.6 Å². The molecule has 8 atom stereocenters. The number of β-lactam (4-membered cyclic amide) rings is 2. The van der Waals surface area contributed by atoms with Crippen molar-refractivity contribution >= 4 is 83.0 Å². The van der Waals surface area contributed by atoms with Gasteiger partial charge in [0, 0.05) is 20.6 Å². The van der Waals surface area contributed by atoms with Gasteiger partial charge >= 0.3 is 24.0 Å². The van der Waals surface area contributed by atoms with Gasteiger partial charge in [-0.1, -0.05) is 60.7 Å². The normalized spacial score (nSPS) is 24.4. The van der Waals surface area contributed by atoms with Crippen molar-refractivity contribution in [2.75, 3.05) is 0 Å². The molecule has 4 aliphatic heterocycles. The molecule has 0 bridgehead atoms. The van der Waals surface area contributed by atoms with Crippen LogP contribution in [0.25, 0.3) is 0 Å². The molecule has 3 aromatic carbocycles. The molecule has 0 radical (unpaired) electrons. The summed E-state index contributed by atoms with van der Waals surface area (Å²) >= 11 is 2.13. The highest BCUT2D eigenvalue weighted by atomic mass is 32.2. The minimum Gasteiger partial charge on any atom is -0.480 e. The number of amides is 10. The van der Waals surface area contributed by atoms with Crippen molar-refractivity contribution in [2.24, 2.45) is 11.5 Å². The highest BCUT2D eigenvalue weighted by molar-refractivity contribution is 8.02. The first-order valence-electron chi connectivity index (χ1n) is 19.6. The number of imide groups is 2. The van der Waals surface area contributed by atoms with Crippen LogP contribution in [0.1, 0.15) is 71.6 Å². The van der Waals surface area contributed by atoms with Gasteiger partial charge in [-0.05, 0) is 63.1 Å². The topological polar surface area (TPSA) is 300 Å². The first-order valence-corrected chi connectivity index (χ1v) is 21.4. The molecule has 10 amide bonds. The van der Waals surface area contributed by atoms with E-state index in [4.69, 9.17) is 11.5 Å². The fourth-order valence-corrected chi connectivity index (χ4v) is 12.0. The molecule has 2 unspecified atom stereocenters. The largest absolute Gasteiger partial charge is 0.480 e. The van der Waals surface area contributed by atoms with Gasteiger partial charge in [0.05, 0.1) is 0 Å². The molecular formula is C42H42N8O12S2. The van der Waals surface area contributed by atoms with Crippen LogP contribution in [0.5, 0.6) is 0 Å². The summed E-state index contributed by atoms with van der Waals surface area (Å²) in [5.41, 5.74) is 10.8. The summed E-state index contributed by atoms with van der Waals surface area (Å²) in [7, 11) is 0. The van der Waals surface area contributed by atoms with E-state index in [0.717, 1.165) is 57.6 Å². The molecule has 3 aromatic rings. The Morgan fingerprint density at radius 2 is 0.891 bits per heavy atom. The Balaban J connectivity index is 1.27. The number of thioether (sulfide) groups is 2. The smallest absolute Gasteiger partial charge is 0.327 e. The number of rotatable bonds is 12. The fraction of sp³-hybridized carbons (Fsp3) is 0.333. The Bertz CT molecular complexity index is 2320. The summed E-state index contributed by atoms with van der Waals surface area (Å²) in [5.74, 6) is -8.62. The number of benzene rings is 3. The average molecular weight is 915 g/mol. The number of nitrogens with zero attached hydrogens (tertiary/aromatic N) is 4. The van der Waals surface area contributed by atoms with Crippen molar-refractivity contribution in [1.29, 1.82) is 0 Å². The van der Waals surface area contributed by atoms with E-state index in [-0.39, 0.29) is 22.3 Å². The molecule has 64 heavy (non-hydrogen) atoms. The monoisotopic (exact) mass is 914 g/mol. The molecule has 20 nitrogen and oxygen atoms in total. The summed E-state index contributed by atoms with van der Waals surface area (Å²) < 4.78 is -2.11. The van der Waals surface area contributed by atoms with E-state index in [1.165, 1.54) is 24.3 Å². The van der Waals surface area contributed by atoms with Gasteiger partial charge < -0.3 is 42.1 Å². The van der Waals surface area contributed by atoms with E-state index in [1.807, 2.05) is 0 Å². The van der Waals surface area contributed by atoms with Crippen LogP contribution in [-0.4, -0.2) is 134 Å². The Hall–Kier alpha value is -6.94. The van der Waals surface area contributed by atoms with Crippen LogP contribution in [0, 0.1) is 0 Å². The van der Waals surface area contributed by atoms with Crippen LogP contribution >= 0.6 is 23.5 Å². The fourth-order valence-electron chi connectivity index (χ4n) is 8.65. The zero-order valence-electron chi connectivity index (χ0n) is 34.4. The van der Waals surface area contributed by atoms with Gasteiger partial charge in [-0.15, -0.1) is 23.5 Å². The highest BCUT2D eigenvalue weighted by Gasteiger charge is 2.68. The SMILES string of the molecule is CC1(C)S[C@@H]2[C@H](N(C(=O)c3ccc(C(=O)N(C(=O)C(NC(N)=O)c4ccccc4)[C@@H]4C(=O)N5[C@@H]4SC(C)(C)[C@@H]5C(=O)O)cc3)C(=O)C(NC(N)=O)c3ccccc3)C(=O)N2[C@H]1C(=O)O. The van der Waals surface area contributed by atoms with Gasteiger partial charge in [0.1, 0.15) is 47.0 Å². The Kier molecular flexibility index (Phi) is 11.7. The van der Waals surface area contributed by atoms with Gasteiger partial charge in [-0.2, -0.15) is 0 Å². The van der Waals surface area contributed by atoms with Gasteiger partial charge in [0.2, 0.25) is 0 Å². The van der Waals surface area contributed by atoms with Gasteiger partial charge in [-0.25, -0.2) is 19.2 Å². The van der Waals surface area contributed by atoms with Crippen LogP contribution in [0.4, 0.5) is 9.59 Å². The van der Waals surface area contributed by atoms with Crippen molar-refractivity contribution in [1.82, 2.24) is 30.2 Å². The zero-order chi connectivity index (χ0) is 46.7. The predicted octanol–water partition coefficient (Wildman–Crippen LogP) is 1.47. The highest BCUT2D eigenvalue weighted by Crippen LogP contribution is 2.54. The van der Waals surface area contributed by atoms with Crippen molar-refractivity contribution in [3.63, 3.8) is 0 Å². The number of carboxylic acids is 2. The summed E-state index contributed by atoms with van der Waals surface area (Å²) in [6.07, 6.45) is 0. The van der Waals surface area contributed by atoms with Gasteiger partial charge in [0.25, 0.3) is 35.4 Å². The summed E-state index contributed by atoms with van der Waals surface area (Å²) in [5, 5.41) is 22.7. The molecule has 4 aliphatic rings. The van der Waals surface area contributed by atoms with Crippen molar-refractivity contribution < 1.29 is 58.2 Å². The first-order chi connectivity index (χ1) is 30.1. The zero-order valence-corrected chi connectivity index (χ0v) is 36.1. The quantitative estimate of drug-likeness (QED) is 0.140. The predicted molar refractivity (Wildman–Crippen MR) is 228 cm³/mol. The lowest BCUT2D eigenvalue weighted by atomic mass is 9.93. The second-order valence-corrected chi connectivity index (χ2v) is 19.9. The minimum absolute atomic E-state index is 0.198. The lowest BCUT2D eigenvalue weighted by Crippen LogP contribution is -2.73. The maximum atomic E-state index is 14.7. The molecule has 334 valence electrons. The number of carboxylic acid groups (broad SMARTS) is 2. The van der Waals surface area contributed by atoms with E-state index in [9.17, 15) is 58.2 Å². The van der Waals surface area contributed by atoms with Crippen LogP contribution in [0.3, 0.4) is 0 Å².